The Morgan fingerprint density at radius 1 is 0.643 bits per heavy atom. The van der Waals surface area contributed by atoms with Crippen molar-refractivity contribution < 1.29 is 19.1 Å². The summed E-state index contributed by atoms with van der Waals surface area (Å²) in [5.74, 6) is 0. The summed E-state index contributed by atoms with van der Waals surface area (Å²) >= 11 is 11.8. The molecule has 0 radical (unpaired) electrons. The normalized spacial score (nSPS) is 11.0. The Balaban J connectivity index is 0.000000230. The van der Waals surface area contributed by atoms with Crippen LogP contribution in [-0.4, -0.2) is 35.4 Å². The summed E-state index contributed by atoms with van der Waals surface area (Å²) in [6.45, 7) is 4.13. The van der Waals surface area contributed by atoms with Gasteiger partial charge in [0.2, 0.25) is 0 Å². The molecule has 0 fully saturated rings. The van der Waals surface area contributed by atoms with Gasteiger partial charge in [0.25, 0.3) is 0 Å². The topological polar surface area (TPSA) is 102 Å². The van der Waals surface area contributed by atoms with Crippen molar-refractivity contribution >= 4 is 58.9 Å². The number of alkyl carbamates (subject to hydrolysis) is 2. The molecule has 10 heteroatoms. The molecular formula is C32H30Cl2N4O4. The number of carbonyl (C=O) groups is 2. The number of carbonyl (C=O) groups excluding carboxylic acids is 2. The third-order valence-electron chi connectivity index (χ3n) is 5.29. The molecule has 0 unspecified atom stereocenters. The number of halogens is 2. The van der Waals surface area contributed by atoms with Gasteiger partial charge in [0.1, 0.15) is 0 Å². The van der Waals surface area contributed by atoms with Crippen LogP contribution in [0.15, 0.2) is 97.3 Å². The summed E-state index contributed by atoms with van der Waals surface area (Å²) in [5, 5.41) is 6.70. The van der Waals surface area contributed by atoms with Crippen LogP contribution in [-0.2, 0) is 9.47 Å². The number of pyridine rings is 2. The monoisotopic (exact) mass is 604 g/mol. The number of hydrogen-bond donors (Lipinski definition) is 2. The number of ether oxygens (including phenoxy) is 2. The summed E-state index contributed by atoms with van der Waals surface area (Å²) in [7, 11) is 0. The Kier molecular flexibility index (Phi) is 13.1. The van der Waals surface area contributed by atoms with Gasteiger partial charge in [0.15, 0.2) is 0 Å². The van der Waals surface area contributed by atoms with E-state index in [-0.39, 0.29) is 0 Å². The van der Waals surface area contributed by atoms with Crippen LogP contribution in [0.25, 0.3) is 23.5 Å². The predicted molar refractivity (Wildman–Crippen MR) is 167 cm³/mol. The zero-order valence-corrected chi connectivity index (χ0v) is 24.6. The van der Waals surface area contributed by atoms with Crippen molar-refractivity contribution in [3.63, 3.8) is 0 Å². The lowest BCUT2D eigenvalue weighted by molar-refractivity contribution is 0.156. The molecule has 0 saturated heterocycles. The van der Waals surface area contributed by atoms with Gasteiger partial charge < -0.3 is 9.47 Å². The van der Waals surface area contributed by atoms with Crippen LogP contribution in [0.2, 0.25) is 10.0 Å². The van der Waals surface area contributed by atoms with Crippen LogP contribution in [0, 0.1) is 0 Å². The second-order valence-corrected chi connectivity index (χ2v) is 9.20. The molecule has 0 saturated carbocycles. The lowest BCUT2D eigenvalue weighted by Crippen LogP contribution is -2.22. The van der Waals surface area contributed by atoms with Gasteiger partial charge in [0.05, 0.1) is 36.0 Å². The van der Waals surface area contributed by atoms with Gasteiger partial charge in [-0.2, -0.15) is 0 Å². The third-order valence-corrected chi connectivity index (χ3v) is 5.80. The van der Waals surface area contributed by atoms with E-state index in [9.17, 15) is 9.59 Å². The molecule has 2 aromatic carbocycles. The number of hydrogen-bond acceptors (Lipinski definition) is 6. The van der Waals surface area contributed by atoms with Crippen molar-refractivity contribution in [2.45, 2.75) is 13.8 Å². The van der Waals surface area contributed by atoms with E-state index >= 15 is 0 Å². The van der Waals surface area contributed by atoms with Crippen molar-refractivity contribution in [3.05, 3.63) is 130 Å². The maximum atomic E-state index is 11.7. The minimum atomic E-state index is -0.505. The molecule has 42 heavy (non-hydrogen) atoms. The largest absolute Gasteiger partial charge is 0.450 e. The Hall–Kier alpha value is -4.66. The minimum absolute atomic E-state index is 0.309. The molecule has 0 spiro atoms. The maximum Gasteiger partial charge on any atom is 0.411 e. The van der Waals surface area contributed by atoms with Gasteiger partial charge in [-0.25, -0.2) is 9.59 Å². The summed E-state index contributed by atoms with van der Waals surface area (Å²) in [4.78, 5) is 31.8. The molecule has 4 rings (SSSR count). The van der Waals surface area contributed by atoms with E-state index in [0.29, 0.717) is 34.7 Å². The Bertz CT molecular complexity index is 1360. The molecule has 0 bridgehead atoms. The second-order valence-electron chi connectivity index (χ2n) is 8.33. The van der Waals surface area contributed by atoms with Crippen molar-refractivity contribution in [2.75, 3.05) is 13.2 Å². The van der Waals surface area contributed by atoms with E-state index in [0.717, 1.165) is 22.5 Å². The van der Waals surface area contributed by atoms with Gasteiger partial charge in [-0.1, -0.05) is 59.6 Å². The van der Waals surface area contributed by atoms with E-state index in [1.165, 1.54) is 0 Å². The molecule has 4 aromatic rings. The van der Waals surface area contributed by atoms with Gasteiger partial charge in [-0.3, -0.25) is 20.6 Å². The molecule has 8 nitrogen and oxygen atoms in total. The van der Waals surface area contributed by atoms with Gasteiger partial charge in [-0.05, 0) is 85.7 Å². The Labute approximate surface area is 255 Å². The average molecular weight is 606 g/mol. The molecule has 2 heterocycles. The lowest BCUT2D eigenvalue weighted by Gasteiger charge is -2.10. The maximum absolute atomic E-state index is 11.7. The fourth-order valence-corrected chi connectivity index (χ4v) is 3.67. The molecule has 0 aliphatic rings. The number of nitrogens with zero attached hydrogens (tertiary/aromatic N) is 2. The zero-order valence-electron chi connectivity index (χ0n) is 23.1. The first-order chi connectivity index (χ1) is 20.4. The fraction of sp³-hybridized carbons (Fsp3) is 0.125. The standard InChI is InChI=1S/2C16H15ClN2O2/c2*1-2-21-16(20)19-15(11-14-5-3-4-10-18-14)12-6-8-13(17)9-7-12/h2*3-11H,2H2,1H3,(H,19,20)/b2*15-11-. The van der Waals surface area contributed by atoms with E-state index in [2.05, 4.69) is 20.6 Å². The third kappa shape index (κ3) is 11.1. The summed E-state index contributed by atoms with van der Waals surface area (Å²) in [6, 6.07) is 25.4. The average Bonchev–Trinajstić information content (AvgIpc) is 2.99. The molecule has 216 valence electrons. The second kappa shape index (κ2) is 17.2. The number of amides is 2. The summed E-state index contributed by atoms with van der Waals surface area (Å²) in [5.41, 5.74) is 4.31. The van der Waals surface area contributed by atoms with Crippen molar-refractivity contribution in [3.8, 4) is 0 Å². The van der Waals surface area contributed by atoms with E-state index in [1.807, 2.05) is 60.7 Å². The van der Waals surface area contributed by atoms with Gasteiger partial charge >= 0.3 is 12.2 Å². The molecule has 0 aliphatic heterocycles. The highest BCUT2D eigenvalue weighted by Gasteiger charge is 2.09. The van der Waals surface area contributed by atoms with Crippen LogP contribution in [0.3, 0.4) is 0 Å². The van der Waals surface area contributed by atoms with Crippen molar-refractivity contribution in [1.82, 2.24) is 20.6 Å². The highest BCUT2D eigenvalue weighted by Crippen LogP contribution is 2.19. The number of aromatic nitrogens is 2. The minimum Gasteiger partial charge on any atom is -0.450 e. The SMILES string of the molecule is CCOC(=O)N/C(=C\c1ccccn1)c1ccc(Cl)cc1.CCOC(=O)N/C(=C\c1ccccn1)c1ccc(Cl)cc1. The fourth-order valence-electron chi connectivity index (χ4n) is 3.41. The molecule has 0 aliphatic carbocycles. The molecule has 2 amide bonds. The Morgan fingerprint density at radius 2 is 1.02 bits per heavy atom. The van der Waals surface area contributed by atoms with Crippen molar-refractivity contribution in [2.24, 2.45) is 0 Å². The summed E-state index contributed by atoms with van der Waals surface area (Å²) < 4.78 is 9.84. The van der Waals surface area contributed by atoms with E-state index < -0.39 is 12.2 Å². The Morgan fingerprint density at radius 3 is 1.33 bits per heavy atom. The van der Waals surface area contributed by atoms with Crippen LogP contribution < -0.4 is 10.6 Å². The molecule has 0 atom stereocenters. The first kappa shape index (κ1) is 31.9. The van der Waals surface area contributed by atoms with Gasteiger partial charge in [0, 0.05) is 22.4 Å². The van der Waals surface area contributed by atoms with Crippen LogP contribution >= 0.6 is 23.2 Å². The van der Waals surface area contributed by atoms with Crippen LogP contribution in [0.5, 0.6) is 0 Å². The molecule has 2 aromatic heterocycles. The highest BCUT2D eigenvalue weighted by molar-refractivity contribution is 6.30. The smallest absolute Gasteiger partial charge is 0.411 e. The van der Waals surface area contributed by atoms with Crippen LogP contribution in [0.4, 0.5) is 9.59 Å². The first-order valence-electron chi connectivity index (χ1n) is 13.0. The van der Waals surface area contributed by atoms with E-state index in [1.54, 1.807) is 62.7 Å². The van der Waals surface area contributed by atoms with E-state index in [4.69, 9.17) is 32.7 Å². The number of benzene rings is 2. The van der Waals surface area contributed by atoms with Crippen molar-refractivity contribution in [1.29, 1.82) is 0 Å². The first-order valence-corrected chi connectivity index (χ1v) is 13.8. The number of rotatable bonds is 8. The summed E-state index contributed by atoms with van der Waals surface area (Å²) in [6.07, 6.45) is 5.93. The van der Waals surface area contributed by atoms with Gasteiger partial charge in [-0.15, -0.1) is 0 Å². The zero-order chi connectivity index (χ0) is 30.2. The quantitative estimate of drug-likeness (QED) is 0.211. The van der Waals surface area contributed by atoms with Crippen LogP contribution in [0.1, 0.15) is 36.4 Å². The number of nitrogens with one attached hydrogen (secondary N) is 2. The molecular weight excluding hydrogens is 575 g/mol. The lowest BCUT2D eigenvalue weighted by atomic mass is 10.1. The predicted octanol–water partition coefficient (Wildman–Crippen LogP) is 7.96. The highest BCUT2D eigenvalue weighted by atomic mass is 35.5. The molecule has 2 N–H and O–H groups in total.